The number of hydrogen-bond acceptors (Lipinski definition) is 2. The minimum atomic E-state index is 0.389. The molecule has 2 nitrogen and oxygen atoms in total. The Labute approximate surface area is 101 Å². The fourth-order valence-corrected chi connectivity index (χ4v) is 1.65. The monoisotopic (exact) mass is 227 g/mol. The predicted octanol–water partition coefficient (Wildman–Crippen LogP) is 3.50. The van der Waals surface area contributed by atoms with Crippen molar-refractivity contribution in [2.24, 2.45) is 5.41 Å². The van der Waals surface area contributed by atoms with Crippen molar-refractivity contribution < 1.29 is 4.79 Å². The van der Waals surface area contributed by atoms with Gasteiger partial charge in [-0.1, -0.05) is 40.5 Å². The van der Waals surface area contributed by atoms with Gasteiger partial charge in [-0.2, -0.15) is 0 Å². The zero-order chi connectivity index (χ0) is 12.6. The number of rotatable bonds is 8. The molecule has 0 N–H and O–H groups in total. The summed E-state index contributed by atoms with van der Waals surface area (Å²) in [6, 6.07) is 0. The summed E-state index contributed by atoms with van der Waals surface area (Å²) >= 11 is 0. The Kier molecular flexibility index (Phi) is 7.65. The summed E-state index contributed by atoms with van der Waals surface area (Å²) in [5.74, 6) is 0.389. The molecule has 16 heavy (non-hydrogen) atoms. The van der Waals surface area contributed by atoms with Gasteiger partial charge in [-0.15, -0.1) is 0 Å². The number of Topliss-reactive ketones (excluding diaryl/α,β-unsaturated/α-hetero) is 1. The number of hydrogen-bond donors (Lipinski definition) is 0. The summed E-state index contributed by atoms with van der Waals surface area (Å²) in [6.07, 6.45) is 5.52. The summed E-state index contributed by atoms with van der Waals surface area (Å²) in [7, 11) is 2.00. The first-order valence-corrected chi connectivity index (χ1v) is 6.55. The lowest BCUT2D eigenvalue weighted by Crippen LogP contribution is -2.25. The molecule has 0 fully saturated rings. The van der Waals surface area contributed by atoms with E-state index in [1.807, 2.05) is 7.05 Å². The van der Waals surface area contributed by atoms with E-state index < -0.39 is 0 Å². The van der Waals surface area contributed by atoms with Crippen LogP contribution in [0.25, 0.3) is 0 Å². The standard InChI is InChI=1S/C14H29NO/c1-6-15(5)12-13(16)10-8-7-9-11-14(2,3)4/h6-12H2,1-5H3. The van der Waals surface area contributed by atoms with Crippen LogP contribution in [0, 0.1) is 5.41 Å². The van der Waals surface area contributed by atoms with Gasteiger partial charge in [0.25, 0.3) is 0 Å². The van der Waals surface area contributed by atoms with E-state index in [9.17, 15) is 4.79 Å². The molecule has 0 aliphatic heterocycles. The quantitative estimate of drug-likeness (QED) is 0.591. The van der Waals surface area contributed by atoms with Gasteiger partial charge in [0.15, 0.2) is 0 Å². The molecule has 0 aromatic carbocycles. The lowest BCUT2D eigenvalue weighted by atomic mass is 9.89. The Bertz CT molecular complexity index is 193. The minimum absolute atomic E-state index is 0.389. The van der Waals surface area contributed by atoms with Crippen LogP contribution in [0.3, 0.4) is 0 Å². The van der Waals surface area contributed by atoms with E-state index in [0.29, 0.717) is 17.7 Å². The Morgan fingerprint density at radius 1 is 1.12 bits per heavy atom. The molecule has 0 heterocycles. The van der Waals surface area contributed by atoms with Gasteiger partial charge in [0.05, 0.1) is 6.54 Å². The van der Waals surface area contributed by atoms with Gasteiger partial charge in [-0.3, -0.25) is 9.69 Å². The van der Waals surface area contributed by atoms with Gasteiger partial charge in [-0.05, 0) is 31.8 Å². The molecule has 0 atom stereocenters. The number of ketones is 1. The lowest BCUT2D eigenvalue weighted by Gasteiger charge is -2.17. The molecule has 0 bridgehead atoms. The molecular formula is C14H29NO. The molecule has 96 valence electrons. The van der Waals surface area contributed by atoms with Crippen LogP contribution in [0.2, 0.25) is 0 Å². The van der Waals surface area contributed by atoms with Crippen molar-refractivity contribution in [2.45, 2.75) is 59.8 Å². The molecule has 0 aromatic rings. The van der Waals surface area contributed by atoms with Gasteiger partial charge in [0, 0.05) is 6.42 Å². The maximum Gasteiger partial charge on any atom is 0.146 e. The van der Waals surface area contributed by atoms with Crippen molar-refractivity contribution in [1.29, 1.82) is 0 Å². The predicted molar refractivity (Wildman–Crippen MR) is 70.7 cm³/mol. The lowest BCUT2D eigenvalue weighted by molar-refractivity contribution is -0.120. The first-order valence-electron chi connectivity index (χ1n) is 6.55. The van der Waals surface area contributed by atoms with Crippen molar-refractivity contribution in [3.63, 3.8) is 0 Å². The van der Waals surface area contributed by atoms with Crippen molar-refractivity contribution in [3.8, 4) is 0 Å². The highest BCUT2D eigenvalue weighted by Gasteiger charge is 2.09. The van der Waals surface area contributed by atoms with Crippen molar-refractivity contribution >= 4 is 5.78 Å². The summed E-state index contributed by atoms with van der Waals surface area (Å²) in [5, 5.41) is 0. The molecule has 0 amide bonds. The number of carbonyl (C=O) groups is 1. The molecule has 0 saturated carbocycles. The van der Waals surface area contributed by atoms with E-state index in [0.717, 1.165) is 19.4 Å². The maximum absolute atomic E-state index is 11.5. The Hall–Kier alpha value is -0.370. The van der Waals surface area contributed by atoms with Gasteiger partial charge in [0.2, 0.25) is 0 Å². The van der Waals surface area contributed by atoms with Gasteiger partial charge in [-0.25, -0.2) is 0 Å². The summed E-state index contributed by atoms with van der Waals surface area (Å²) in [6.45, 7) is 10.5. The molecule has 0 rings (SSSR count). The van der Waals surface area contributed by atoms with Gasteiger partial charge >= 0.3 is 0 Å². The van der Waals surface area contributed by atoms with E-state index >= 15 is 0 Å². The first-order chi connectivity index (χ1) is 7.35. The zero-order valence-electron chi connectivity index (χ0n) is 11.8. The number of unbranched alkanes of at least 4 members (excludes halogenated alkanes) is 2. The third-order valence-electron chi connectivity index (χ3n) is 2.87. The average molecular weight is 227 g/mol. The van der Waals surface area contributed by atoms with Crippen molar-refractivity contribution in [1.82, 2.24) is 4.90 Å². The fraction of sp³-hybridized carbons (Fsp3) is 0.929. The minimum Gasteiger partial charge on any atom is -0.299 e. The molecule has 0 saturated heterocycles. The second kappa shape index (κ2) is 7.83. The van der Waals surface area contributed by atoms with Crippen LogP contribution in [0.5, 0.6) is 0 Å². The van der Waals surface area contributed by atoms with E-state index in [4.69, 9.17) is 0 Å². The second-order valence-corrected chi connectivity index (χ2v) is 5.99. The molecular weight excluding hydrogens is 198 g/mol. The van der Waals surface area contributed by atoms with Crippen LogP contribution in [0.1, 0.15) is 59.8 Å². The van der Waals surface area contributed by atoms with E-state index in [2.05, 4.69) is 32.6 Å². The first kappa shape index (κ1) is 15.6. The van der Waals surface area contributed by atoms with Crippen LogP contribution in [0.15, 0.2) is 0 Å². The normalized spacial score (nSPS) is 12.1. The third-order valence-corrected chi connectivity index (χ3v) is 2.87. The van der Waals surface area contributed by atoms with Gasteiger partial charge < -0.3 is 0 Å². The zero-order valence-corrected chi connectivity index (χ0v) is 11.8. The molecule has 2 heteroatoms. The van der Waals surface area contributed by atoms with Crippen LogP contribution < -0.4 is 0 Å². The van der Waals surface area contributed by atoms with Crippen LogP contribution in [-0.4, -0.2) is 30.8 Å². The number of likely N-dealkylation sites (N-methyl/N-ethyl adjacent to an activating group) is 1. The smallest absolute Gasteiger partial charge is 0.146 e. The maximum atomic E-state index is 11.5. The average Bonchev–Trinajstić information content (AvgIpc) is 2.15. The van der Waals surface area contributed by atoms with Gasteiger partial charge in [0.1, 0.15) is 5.78 Å². The number of carbonyl (C=O) groups excluding carboxylic acids is 1. The van der Waals surface area contributed by atoms with E-state index in [1.165, 1.54) is 19.3 Å². The van der Waals surface area contributed by atoms with Crippen LogP contribution >= 0.6 is 0 Å². The molecule has 0 aliphatic carbocycles. The van der Waals surface area contributed by atoms with E-state index in [-0.39, 0.29) is 0 Å². The summed E-state index contributed by atoms with van der Waals surface area (Å²) < 4.78 is 0. The molecule has 0 aliphatic rings. The Balaban J connectivity index is 3.42. The Morgan fingerprint density at radius 2 is 1.75 bits per heavy atom. The van der Waals surface area contributed by atoms with E-state index in [1.54, 1.807) is 0 Å². The molecule has 0 aromatic heterocycles. The van der Waals surface area contributed by atoms with Crippen molar-refractivity contribution in [2.75, 3.05) is 20.1 Å². The van der Waals surface area contributed by atoms with Crippen LogP contribution in [-0.2, 0) is 4.79 Å². The SMILES string of the molecule is CCN(C)CC(=O)CCCCCC(C)(C)C. The highest BCUT2D eigenvalue weighted by Crippen LogP contribution is 2.22. The second-order valence-electron chi connectivity index (χ2n) is 5.99. The highest BCUT2D eigenvalue weighted by atomic mass is 16.1. The summed E-state index contributed by atoms with van der Waals surface area (Å²) in [5.41, 5.74) is 0.437. The largest absolute Gasteiger partial charge is 0.299 e. The number of nitrogens with zero attached hydrogens (tertiary/aromatic N) is 1. The Morgan fingerprint density at radius 3 is 2.25 bits per heavy atom. The van der Waals surface area contributed by atoms with Crippen LogP contribution in [0.4, 0.5) is 0 Å². The summed E-state index contributed by atoms with van der Waals surface area (Å²) in [4.78, 5) is 13.6. The molecule has 0 unspecified atom stereocenters. The molecule has 0 radical (unpaired) electrons. The topological polar surface area (TPSA) is 20.3 Å². The third kappa shape index (κ3) is 10.2. The molecule has 0 spiro atoms. The highest BCUT2D eigenvalue weighted by molar-refractivity contribution is 5.80. The van der Waals surface area contributed by atoms with Crippen molar-refractivity contribution in [3.05, 3.63) is 0 Å². The fourth-order valence-electron chi connectivity index (χ4n) is 1.65.